The van der Waals surface area contributed by atoms with Gasteiger partial charge in [-0.15, -0.1) is 0 Å². The molecule has 1 atom stereocenters. The number of carbonyl (C=O) groups is 2. The molecule has 0 saturated carbocycles. The summed E-state index contributed by atoms with van der Waals surface area (Å²) < 4.78 is 0. The van der Waals surface area contributed by atoms with Crippen LogP contribution >= 0.6 is 0 Å². The Kier molecular flexibility index (Phi) is 7.36. The van der Waals surface area contributed by atoms with Gasteiger partial charge in [0.05, 0.1) is 0 Å². The van der Waals surface area contributed by atoms with Gasteiger partial charge in [-0.3, -0.25) is 0 Å². The average molecular weight is 285 g/mol. The minimum Gasteiger partial charge on any atom is -0.480 e. The summed E-state index contributed by atoms with van der Waals surface area (Å²) in [6.07, 6.45) is 3.36. The lowest BCUT2D eigenvalue weighted by molar-refractivity contribution is -0.139. The van der Waals surface area contributed by atoms with Crippen LogP contribution in [-0.4, -0.2) is 54.2 Å². The number of hydrogen-bond donors (Lipinski definition) is 3. The largest absolute Gasteiger partial charge is 0.480 e. The van der Waals surface area contributed by atoms with Gasteiger partial charge in [0.25, 0.3) is 0 Å². The van der Waals surface area contributed by atoms with Gasteiger partial charge in [-0.05, 0) is 44.8 Å². The molecular formula is C14H27N3O3. The Morgan fingerprint density at radius 1 is 1.30 bits per heavy atom. The van der Waals surface area contributed by atoms with Gasteiger partial charge in [-0.1, -0.05) is 20.3 Å². The zero-order valence-corrected chi connectivity index (χ0v) is 12.5. The van der Waals surface area contributed by atoms with Gasteiger partial charge in [0.2, 0.25) is 0 Å². The molecule has 1 saturated heterocycles. The van der Waals surface area contributed by atoms with Crippen molar-refractivity contribution >= 4 is 12.0 Å². The first kappa shape index (κ1) is 16.8. The molecule has 1 aliphatic rings. The molecule has 3 N–H and O–H groups in total. The molecule has 0 aliphatic carbocycles. The van der Waals surface area contributed by atoms with Gasteiger partial charge in [-0.2, -0.15) is 0 Å². The number of carboxylic acid groups (broad SMARTS) is 1. The van der Waals surface area contributed by atoms with Crippen LogP contribution in [0.4, 0.5) is 4.79 Å². The standard InChI is InChI=1S/C14H27N3O3/c1-3-5-12(13(18)19)16-14(20)15-10-11-6-8-17(4-2)9-7-11/h11-12H,3-10H2,1-2H3,(H,18,19)(H2,15,16,20). The number of amides is 2. The molecule has 1 unspecified atom stereocenters. The minimum absolute atomic E-state index is 0.372. The molecule has 1 heterocycles. The molecule has 0 aromatic heterocycles. The van der Waals surface area contributed by atoms with E-state index in [-0.39, 0.29) is 6.03 Å². The Labute approximate surface area is 120 Å². The Morgan fingerprint density at radius 3 is 2.45 bits per heavy atom. The number of urea groups is 1. The van der Waals surface area contributed by atoms with Crippen molar-refractivity contribution < 1.29 is 14.7 Å². The fourth-order valence-electron chi connectivity index (χ4n) is 2.50. The highest BCUT2D eigenvalue weighted by Gasteiger charge is 2.21. The Hall–Kier alpha value is -1.30. The van der Waals surface area contributed by atoms with Crippen molar-refractivity contribution in [3.05, 3.63) is 0 Å². The second-order valence-electron chi connectivity index (χ2n) is 5.41. The summed E-state index contributed by atoms with van der Waals surface area (Å²) in [6, 6.07) is -1.16. The van der Waals surface area contributed by atoms with Gasteiger partial charge in [0, 0.05) is 6.54 Å². The average Bonchev–Trinajstić information content (AvgIpc) is 2.45. The number of rotatable bonds is 7. The molecule has 2 amide bonds. The van der Waals surface area contributed by atoms with Crippen LogP contribution in [-0.2, 0) is 4.79 Å². The summed E-state index contributed by atoms with van der Waals surface area (Å²) in [5, 5.41) is 14.3. The number of hydrogen-bond acceptors (Lipinski definition) is 3. The molecule has 0 bridgehead atoms. The van der Waals surface area contributed by atoms with E-state index in [0.29, 0.717) is 18.9 Å². The van der Waals surface area contributed by atoms with Gasteiger partial charge in [0.15, 0.2) is 0 Å². The van der Waals surface area contributed by atoms with Crippen LogP contribution in [0, 0.1) is 5.92 Å². The predicted molar refractivity (Wildman–Crippen MR) is 77.7 cm³/mol. The molecule has 1 fully saturated rings. The van der Waals surface area contributed by atoms with Gasteiger partial charge in [0.1, 0.15) is 6.04 Å². The van der Waals surface area contributed by atoms with E-state index in [1.54, 1.807) is 0 Å². The quantitative estimate of drug-likeness (QED) is 0.658. The number of likely N-dealkylation sites (tertiary alicyclic amines) is 1. The van der Waals surface area contributed by atoms with Crippen LogP contribution in [0.2, 0.25) is 0 Å². The highest BCUT2D eigenvalue weighted by atomic mass is 16.4. The maximum absolute atomic E-state index is 11.7. The van der Waals surface area contributed by atoms with E-state index in [4.69, 9.17) is 5.11 Å². The zero-order valence-electron chi connectivity index (χ0n) is 12.5. The molecule has 20 heavy (non-hydrogen) atoms. The smallest absolute Gasteiger partial charge is 0.326 e. The number of nitrogens with one attached hydrogen (secondary N) is 2. The lowest BCUT2D eigenvalue weighted by atomic mass is 9.97. The van der Waals surface area contributed by atoms with Gasteiger partial charge < -0.3 is 20.6 Å². The maximum Gasteiger partial charge on any atom is 0.326 e. The van der Waals surface area contributed by atoms with Crippen molar-refractivity contribution in [3.8, 4) is 0 Å². The summed E-state index contributed by atoms with van der Waals surface area (Å²) in [5.74, 6) is -0.476. The SMILES string of the molecule is CCCC(NC(=O)NCC1CCN(CC)CC1)C(=O)O. The van der Waals surface area contributed by atoms with Gasteiger partial charge in [-0.25, -0.2) is 9.59 Å². The summed E-state index contributed by atoms with van der Waals surface area (Å²) in [5.41, 5.74) is 0. The van der Waals surface area contributed by atoms with Crippen LogP contribution in [0.5, 0.6) is 0 Å². The Bertz CT molecular complexity index is 315. The third-order valence-corrected chi connectivity index (χ3v) is 3.89. The summed E-state index contributed by atoms with van der Waals surface area (Å²) in [7, 11) is 0. The second kappa shape index (κ2) is 8.79. The van der Waals surface area contributed by atoms with Crippen LogP contribution in [0.3, 0.4) is 0 Å². The zero-order chi connectivity index (χ0) is 15.0. The third kappa shape index (κ3) is 5.77. The number of carboxylic acids is 1. The molecule has 0 spiro atoms. The van der Waals surface area contributed by atoms with Gasteiger partial charge >= 0.3 is 12.0 Å². The molecule has 6 heteroatoms. The van der Waals surface area contributed by atoms with Crippen LogP contribution in [0.15, 0.2) is 0 Å². The predicted octanol–water partition coefficient (Wildman–Crippen LogP) is 1.27. The number of piperidine rings is 1. The number of nitrogens with zero attached hydrogens (tertiary/aromatic N) is 1. The minimum atomic E-state index is -0.974. The first-order valence-corrected chi connectivity index (χ1v) is 7.56. The van der Waals surface area contributed by atoms with E-state index in [1.165, 1.54) is 0 Å². The molecular weight excluding hydrogens is 258 g/mol. The molecule has 6 nitrogen and oxygen atoms in total. The van der Waals surface area contributed by atoms with Crippen molar-refractivity contribution in [3.63, 3.8) is 0 Å². The lowest BCUT2D eigenvalue weighted by Gasteiger charge is -2.31. The fourth-order valence-corrected chi connectivity index (χ4v) is 2.50. The van der Waals surface area contributed by atoms with E-state index in [9.17, 15) is 9.59 Å². The van der Waals surface area contributed by atoms with E-state index in [1.807, 2.05) is 6.92 Å². The van der Waals surface area contributed by atoms with E-state index < -0.39 is 12.0 Å². The third-order valence-electron chi connectivity index (χ3n) is 3.89. The monoisotopic (exact) mass is 285 g/mol. The molecule has 1 rings (SSSR count). The highest BCUT2D eigenvalue weighted by Crippen LogP contribution is 2.15. The van der Waals surface area contributed by atoms with E-state index >= 15 is 0 Å². The highest BCUT2D eigenvalue weighted by molar-refractivity contribution is 5.82. The van der Waals surface area contributed by atoms with Crippen molar-refractivity contribution in [2.75, 3.05) is 26.2 Å². The first-order chi connectivity index (χ1) is 9.56. The van der Waals surface area contributed by atoms with Crippen molar-refractivity contribution in [1.29, 1.82) is 0 Å². The topological polar surface area (TPSA) is 81.7 Å². The molecule has 0 aromatic rings. The molecule has 1 aliphatic heterocycles. The van der Waals surface area contributed by atoms with E-state index in [2.05, 4.69) is 22.5 Å². The van der Waals surface area contributed by atoms with Crippen molar-refractivity contribution in [2.24, 2.45) is 5.92 Å². The normalized spacial score (nSPS) is 18.5. The van der Waals surface area contributed by atoms with Crippen LogP contribution < -0.4 is 10.6 Å². The molecule has 0 radical (unpaired) electrons. The maximum atomic E-state index is 11.7. The summed E-state index contributed by atoms with van der Waals surface area (Å²) in [4.78, 5) is 25.1. The first-order valence-electron chi connectivity index (χ1n) is 7.56. The summed E-state index contributed by atoms with van der Waals surface area (Å²) in [6.45, 7) is 7.93. The second-order valence-corrected chi connectivity index (χ2v) is 5.41. The number of carbonyl (C=O) groups excluding carboxylic acids is 1. The Balaban J connectivity index is 2.24. The number of aliphatic carboxylic acids is 1. The summed E-state index contributed by atoms with van der Waals surface area (Å²) >= 11 is 0. The van der Waals surface area contributed by atoms with Crippen LogP contribution in [0.25, 0.3) is 0 Å². The van der Waals surface area contributed by atoms with Crippen molar-refractivity contribution in [2.45, 2.75) is 45.6 Å². The molecule has 0 aromatic carbocycles. The lowest BCUT2D eigenvalue weighted by Crippen LogP contribution is -2.47. The van der Waals surface area contributed by atoms with E-state index in [0.717, 1.165) is 38.9 Å². The Morgan fingerprint density at radius 2 is 1.95 bits per heavy atom. The van der Waals surface area contributed by atoms with Crippen molar-refractivity contribution in [1.82, 2.24) is 15.5 Å². The molecule has 116 valence electrons. The fraction of sp³-hybridized carbons (Fsp3) is 0.857. The van der Waals surface area contributed by atoms with Crippen LogP contribution in [0.1, 0.15) is 39.5 Å².